The van der Waals surface area contributed by atoms with Crippen molar-refractivity contribution in [3.63, 3.8) is 0 Å². The van der Waals surface area contributed by atoms with Gasteiger partial charge in [0.15, 0.2) is 9.84 Å². The number of nitrogens with one attached hydrogen (secondary N) is 1. The average molecular weight is 303 g/mol. The maximum Gasteiger partial charge on any atom is 0.236 e. The summed E-state index contributed by atoms with van der Waals surface area (Å²) in [5.74, 6) is -0.335. The monoisotopic (exact) mass is 303 g/mol. The van der Waals surface area contributed by atoms with Gasteiger partial charge in [0.05, 0.1) is 16.8 Å². The lowest BCUT2D eigenvalue weighted by Gasteiger charge is -2.13. The Morgan fingerprint density at radius 1 is 1.16 bits per heavy atom. The maximum absolute atomic E-state index is 12.1. The van der Waals surface area contributed by atoms with Gasteiger partial charge in [-0.25, -0.2) is 16.8 Å². The van der Waals surface area contributed by atoms with Crippen molar-refractivity contribution in [2.24, 2.45) is 0 Å². The minimum atomic E-state index is -3.65. The van der Waals surface area contributed by atoms with Gasteiger partial charge in [-0.3, -0.25) is 4.72 Å². The fourth-order valence-electron chi connectivity index (χ4n) is 2.29. The van der Waals surface area contributed by atoms with Gasteiger partial charge in [0.2, 0.25) is 10.0 Å². The summed E-state index contributed by atoms with van der Waals surface area (Å²) in [6, 6.07) is 5.40. The Hall–Kier alpha value is -1.08. The number of sulfonamides is 1. The highest BCUT2D eigenvalue weighted by atomic mass is 32.2. The number of hydrogen-bond donors (Lipinski definition) is 1. The molecule has 0 saturated carbocycles. The zero-order valence-corrected chi connectivity index (χ0v) is 12.5. The lowest BCUT2D eigenvalue weighted by molar-refractivity contribution is 0.587. The Bertz CT molecular complexity index is 672. The molecular weight excluding hydrogens is 286 g/mol. The van der Waals surface area contributed by atoms with E-state index in [1.165, 1.54) is 0 Å². The Labute approximate surface area is 114 Å². The molecule has 0 aromatic heterocycles. The molecule has 0 amide bonds. The van der Waals surface area contributed by atoms with Crippen LogP contribution in [0, 0.1) is 13.8 Å². The van der Waals surface area contributed by atoms with Crippen LogP contribution in [0.3, 0.4) is 0 Å². The van der Waals surface area contributed by atoms with Crippen LogP contribution in [0.4, 0.5) is 5.69 Å². The number of aryl methyl sites for hydroxylation is 2. The number of anilines is 1. The van der Waals surface area contributed by atoms with Crippen LogP contribution in [0.2, 0.25) is 0 Å². The molecule has 1 aliphatic rings. The molecule has 1 aromatic rings. The third kappa shape index (κ3) is 3.48. The second kappa shape index (κ2) is 4.79. The summed E-state index contributed by atoms with van der Waals surface area (Å²) in [5, 5.41) is -0.849. The normalized spacial score (nSPS) is 22.3. The summed E-state index contributed by atoms with van der Waals surface area (Å²) in [6.07, 6.45) is 0.169. The first-order chi connectivity index (χ1) is 8.68. The van der Waals surface area contributed by atoms with Gasteiger partial charge in [-0.2, -0.15) is 0 Å². The smallest absolute Gasteiger partial charge is 0.236 e. The van der Waals surface area contributed by atoms with Gasteiger partial charge in [-0.05, 0) is 43.5 Å². The molecule has 1 fully saturated rings. The second-order valence-electron chi connectivity index (χ2n) is 5.05. The zero-order valence-electron chi connectivity index (χ0n) is 10.9. The molecule has 0 bridgehead atoms. The van der Waals surface area contributed by atoms with Crippen molar-refractivity contribution in [3.05, 3.63) is 29.3 Å². The molecule has 0 unspecified atom stereocenters. The summed E-state index contributed by atoms with van der Waals surface area (Å²) >= 11 is 0. The van der Waals surface area contributed by atoms with Gasteiger partial charge in [-0.15, -0.1) is 0 Å². The molecule has 0 spiro atoms. The highest BCUT2D eigenvalue weighted by Gasteiger charge is 2.37. The third-order valence-corrected chi connectivity index (χ3v) is 6.89. The van der Waals surface area contributed by atoms with Crippen LogP contribution >= 0.6 is 0 Å². The van der Waals surface area contributed by atoms with E-state index in [4.69, 9.17) is 0 Å². The molecule has 0 radical (unpaired) electrons. The summed E-state index contributed by atoms with van der Waals surface area (Å²) < 4.78 is 49.5. The number of hydrogen-bond acceptors (Lipinski definition) is 4. The zero-order chi connectivity index (χ0) is 14.3. The van der Waals surface area contributed by atoms with Gasteiger partial charge in [0.25, 0.3) is 0 Å². The van der Waals surface area contributed by atoms with E-state index in [1.807, 2.05) is 19.9 Å². The molecule has 1 N–H and O–H groups in total. The summed E-state index contributed by atoms with van der Waals surface area (Å²) in [5.41, 5.74) is 2.40. The minimum Gasteiger partial charge on any atom is -0.283 e. The molecule has 1 saturated heterocycles. The lowest BCUT2D eigenvalue weighted by atomic mass is 10.1. The minimum absolute atomic E-state index is 0.0502. The standard InChI is InChI=1S/C12H17NO4S2/c1-9-5-10(2)7-11(6-9)13-19(16,17)12-3-4-18(14,15)8-12/h5-7,12-13H,3-4,8H2,1-2H3/t12-/m1/s1. The van der Waals surface area contributed by atoms with Crippen LogP contribution in [-0.2, 0) is 19.9 Å². The van der Waals surface area contributed by atoms with Crippen molar-refractivity contribution in [2.45, 2.75) is 25.5 Å². The van der Waals surface area contributed by atoms with E-state index >= 15 is 0 Å². The molecule has 0 aliphatic carbocycles. The van der Waals surface area contributed by atoms with Crippen molar-refractivity contribution in [1.82, 2.24) is 0 Å². The van der Waals surface area contributed by atoms with Crippen LogP contribution in [-0.4, -0.2) is 33.6 Å². The molecule has 1 heterocycles. The fraction of sp³-hybridized carbons (Fsp3) is 0.500. The summed E-state index contributed by atoms with van der Waals surface area (Å²) in [6.45, 7) is 3.76. The molecule has 106 valence electrons. The van der Waals surface area contributed by atoms with E-state index in [9.17, 15) is 16.8 Å². The van der Waals surface area contributed by atoms with E-state index in [-0.39, 0.29) is 17.9 Å². The SMILES string of the molecule is Cc1cc(C)cc(NS(=O)(=O)[C@@H]2CCS(=O)(=O)C2)c1. The second-order valence-corrected chi connectivity index (χ2v) is 9.24. The molecule has 1 aliphatic heterocycles. The van der Waals surface area contributed by atoms with E-state index in [2.05, 4.69) is 4.72 Å². The highest BCUT2D eigenvalue weighted by molar-refractivity contribution is 7.97. The fourth-order valence-corrected chi connectivity index (χ4v) is 6.36. The number of rotatable bonds is 3. The van der Waals surface area contributed by atoms with Crippen molar-refractivity contribution in [2.75, 3.05) is 16.2 Å². The third-order valence-electron chi connectivity index (χ3n) is 3.11. The Kier molecular flexibility index (Phi) is 3.61. The molecule has 1 atom stereocenters. The predicted molar refractivity (Wildman–Crippen MR) is 75.5 cm³/mol. The molecule has 5 nitrogen and oxygen atoms in total. The largest absolute Gasteiger partial charge is 0.283 e. The van der Waals surface area contributed by atoms with Gasteiger partial charge >= 0.3 is 0 Å². The molecular formula is C12H17NO4S2. The summed E-state index contributed by atoms with van der Waals surface area (Å²) in [7, 11) is -6.85. The topological polar surface area (TPSA) is 80.3 Å². The molecule has 7 heteroatoms. The first-order valence-electron chi connectivity index (χ1n) is 5.98. The van der Waals surface area contributed by atoms with Crippen LogP contribution in [0.1, 0.15) is 17.5 Å². The Morgan fingerprint density at radius 3 is 2.21 bits per heavy atom. The van der Waals surface area contributed by atoms with Gasteiger partial charge in [-0.1, -0.05) is 6.07 Å². The van der Waals surface area contributed by atoms with Crippen molar-refractivity contribution in [1.29, 1.82) is 0 Å². The Morgan fingerprint density at radius 2 is 1.74 bits per heavy atom. The molecule has 19 heavy (non-hydrogen) atoms. The van der Waals surface area contributed by atoms with Crippen LogP contribution in [0.25, 0.3) is 0 Å². The maximum atomic E-state index is 12.1. The van der Waals surface area contributed by atoms with Gasteiger partial charge in [0.1, 0.15) is 0 Å². The summed E-state index contributed by atoms with van der Waals surface area (Å²) in [4.78, 5) is 0. The molecule has 2 rings (SSSR count). The molecule has 1 aromatic carbocycles. The lowest BCUT2D eigenvalue weighted by Crippen LogP contribution is -2.28. The van der Waals surface area contributed by atoms with Crippen LogP contribution < -0.4 is 4.72 Å². The predicted octanol–water partition coefficient (Wildman–Crippen LogP) is 1.23. The van der Waals surface area contributed by atoms with Crippen molar-refractivity contribution < 1.29 is 16.8 Å². The van der Waals surface area contributed by atoms with Gasteiger partial charge < -0.3 is 0 Å². The quantitative estimate of drug-likeness (QED) is 0.911. The van der Waals surface area contributed by atoms with E-state index in [0.29, 0.717) is 5.69 Å². The van der Waals surface area contributed by atoms with Crippen LogP contribution in [0.15, 0.2) is 18.2 Å². The van der Waals surface area contributed by atoms with E-state index in [0.717, 1.165) is 11.1 Å². The first kappa shape index (κ1) is 14.3. The van der Waals surface area contributed by atoms with Crippen LogP contribution in [0.5, 0.6) is 0 Å². The average Bonchev–Trinajstić information content (AvgIpc) is 2.57. The highest BCUT2D eigenvalue weighted by Crippen LogP contribution is 2.22. The van der Waals surface area contributed by atoms with E-state index in [1.54, 1.807) is 12.1 Å². The van der Waals surface area contributed by atoms with Crippen molar-refractivity contribution in [3.8, 4) is 0 Å². The van der Waals surface area contributed by atoms with Gasteiger partial charge in [0, 0.05) is 5.69 Å². The van der Waals surface area contributed by atoms with Crippen molar-refractivity contribution >= 4 is 25.5 Å². The Balaban J connectivity index is 2.22. The number of benzene rings is 1. The van der Waals surface area contributed by atoms with E-state index < -0.39 is 25.1 Å². The first-order valence-corrected chi connectivity index (χ1v) is 9.35. The number of sulfone groups is 1.